The van der Waals surface area contributed by atoms with E-state index in [4.69, 9.17) is 4.42 Å². The van der Waals surface area contributed by atoms with Crippen LogP contribution in [0.1, 0.15) is 0 Å². The number of hydrogen-bond acceptors (Lipinski definition) is 4. The SMILES string of the molecule is c1ccc2c(-c3nnc(-c4ccncc4)o3)cccc2c1. The summed E-state index contributed by atoms with van der Waals surface area (Å²) in [7, 11) is 0. The molecule has 0 bridgehead atoms. The van der Waals surface area contributed by atoms with Gasteiger partial charge in [-0.3, -0.25) is 4.98 Å². The summed E-state index contributed by atoms with van der Waals surface area (Å²) in [5, 5.41) is 10.6. The van der Waals surface area contributed by atoms with Gasteiger partial charge in [-0.15, -0.1) is 10.2 Å². The fraction of sp³-hybridized carbons (Fsp3) is 0. The summed E-state index contributed by atoms with van der Waals surface area (Å²) in [6, 6.07) is 17.9. The van der Waals surface area contributed by atoms with E-state index < -0.39 is 0 Å². The summed E-state index contributed by atoms with van der Waals surface area (Å²) in [5.74, 6) is 1.03. The molecule has 21 heavy (non-hydrogen) atoms. The molecule has 0 unspecified atom stereocenters. The van der Waals surface area contributed by atoms with Gasteiger partial charge in [0.2, 0.25) is 11.8 Å². The Labute approximate surface area is 121 Å². The number of pyridine rings is 1. The first-order chi connectivity index (χ1) is 10.4. The second kappa shape index (κ2) is 4.83. The van der Waals surface area contributed by atoms with Crippen LogP contribution >= 0.6 is 0 Å². The van der Waals surface area contributed by atoms with Crippen molar-refractivity contribution in [2.75, 3.05) is 0 Å². The quantitative estimate of drug-likeness (QED) is 0.555. The highest BCUT2D eigenvalue weighted by molar-refractivity contribution is 5.94. The van der Waals surface area contributed by atoms with Gasteiger partial charge < -0.3 is 4.42 Å². The third-order valence-electron chi connectivity index (χ3n) is 3.37. The largest absolute Gasteiger partial charge is 0.416 e. The Morgan fingerprint density at radius 3 is 2.38 bits per heavy atom. The first kappa shape index (κ1) is 11.8. The van der Waals surface area contributed by atoms with E-state index in [1.54, 1.807) is 12.4 Å². The number of aromatic nitrogens is 3. The Morgan fingerprint density at radius 1 is 0.714 bits per heavy atom. The molecule has 4 aromatic rings. The molecule has 0 amide bonds. The monoisotopic (exact) mass is 273 g/mol. The van der Waals surface area contributed by atoms with Crippen molar-refractivity contribution in [2.45, 2.75) is 0 Å². The van der Waals surface area contributed by atoms with Crippen LogP contribution in [0.15, 0.2) is 71.4 Å². The number of benzene rings is 2. The third-order valence-corrected chi connectivity index (χ3v) is 3.37. The smallest absolute Gasteiger partial charge is 0.248 e. The van der Waals surface area contributed by atoms with Crippen LogP contribution in [0, 0.1) is 0 Å². The summed E-state index contributed by atoms with van der Waals surface area (Å²) in [5.41, 5.74) is 1.81. The van der Waals surface area contributed by atoms with E-state index >= 15 is 0 Å². The number of fused-ring (bicyclic) bond motifs is 1. The summed E-state index contributed by atoms with van der Waals surface area (Å²) in [4.78, 5) is 3.99. The topological polar surface area (TPSA) is 51.8 Å². The van der Waals surface area contributed by atoms with Crippen LogP contribution in [0.2, 0.25) is 0 Å². The highest BCUT2D eigenvalue weighted by Gasteiger charge is 2.12. The van der Waals surface area contributed by atoms with Crippen LogP contribution in [0.3, 0.4) is 0 Å². The maximum absolute atomic E-state index is 5.81. The lowest BCUT2D eigenvalue weighted by atomic mass is 10.0. The molecular formula is C17H11N3O. The molecule has 0 saturated heterocycles. The van der Waals surface area contributed by atoms with Crippen molar-refractivity contribution in [1.29, 1.82) is 0 Å². The van der Waals surface area contributed by atoms with E-state index in [0.717, 1.165) is 21.9 Å². The van der Waals surface area contributed by atoms with E-state index in [9.17, 15) is 0 Å². The lowest BCUT2D eigenvalue weighted by Gasteiger charge is -2.01. The fourth-order valence-corrected chi connectivity index (χ4v) is 2.36. The van der Waals surface area contributed by atoms with Gasteiger partial charge in [-0.1, -0.05) is 36.4 Å². The minimum absolute atomic E-state index is 0.500. The maximum Gasteiger partial charge on any atom is 0.248 e. The zero-order valence-electron chi connectivity index (χ0n) is 11.1. The van der Waals surface area contributed by atoms with Gasteiger partial charge in [0.05, 0.1) is 0 Å². The number of hydrogen-bond donors (Lipinski definition) is 0. The van der Waals surface area contributed by atoms with E-state index in [2.05, 4.69) is 33.4 Å². The summed E-state index contributed by atoms with van der Waals surface area (Å²) >= 11 is 0. The first-order valence-electron chi connectivity index (χ1n) is 6.64. The predicted molar refractivity (Wildman–Crippen MR) is 80.5 cm³/mol. The number of rotatable bonds is 2. The molecule has 4 nitrogen and oxygen atoms in total. The van der Waals surface area contributed by atoms with Crippen LogP contribution in [0.5, 0.6) is 0 Å². The molecule has 0 spiro atoms. The highest BCUT2D eigenvalue weighted by Crippen LogP contribution is 2.29. The summed E-state index contributed by atoms with van der Waals surface area (Å²) < 4.78 is 5.81. The van der Waals surface area contributed by atoms with Crippen LogP contribution in [0.25, 0.3) is 33.7 Å². The van der Waals surface area contributed by atoms with Crippen molar-refractivity contribution in [3.05, 3.63) is 67.0 Å². The van der Waals surface area contributed by atoms with Crippen molar-refractivity contribution >= 4 is 10.8 Å². The lowest BCUT2D eigenvalue weighted by Crippen LogP contribution is -1.81. The molecule has 100 valence electrons. The Hall–Kier alpha value is -3.01. The highest BCUT2D eigenvalue weighted by atomic mass is 16.4. The van der Waals surface area contributed by atoms with Crippen molar-refractivity contribution in [2.24, 2.45) is 0 Å². The normalized spacial score (nSPS) is 10.9. The average Bonchev–Trinajstić information content (AvgIpc) is 3.05. The maximum atomic E-state index is 5.81. The van der Waals surface area contributed by atoms with Crippen LogP contribution in [0.4, 0.5) is 0 Å². The van der Waals surface area contributed by atoms with E-state index in [-0.39, 0.29) is 0 Å². The van der Waals surface area contributed by atoms with Crippen molar-refractivity contribution < 1.29 is 4.42 Å². The van der Waals surface area contributed by atoms with Crippen LogP contribution in [-0.2, 0) is 0 Å². The van der Waals surface area contributed by atoms with E-state index in [1.165, 1.54) is 0 Å². The Bertz CT molecular complexity index is 895. The molecular weight excluding hydrogens is 262 g/mol. The summed E-state index contributed by atoms with van der Waals surface area (Å²) in [6.07, 6.45) is 3.41. The Kier molecular flexibility index (Phi) is 2.71. The second-order valence-electron chi connectivity index (χ2n) is 4.67. The fourth-order valence-electron chi connectivity index (χ4n) is 2.36. The van der Waals surface area contributed by atoms with Gasteiger partial charge in [0.25, 0.3) is 0 Å². The molecule has 0 N–H and O–H groups in total. The third kappa shape index (κ3) is 2.07. The molecule has 2 aromatic heterocycles. The molecule has 0 radical (unpaired) electrons. The van der Waals surface area contributed by atoms with Gasteiger partial charge in [-0.2, -0.15) is 0 Å². The van der Waals surface area contributed by atoms with E-state index in [0.29, 0.717) is 11.8 Å². The van der Waals surface area contributed by atoms with Gasteiger partial charge in [0, 0.05) is 23.5 Å². The predicted octanol–water partition coefficient (Wildman–Crippen LogP) is 3.95. The standard InChI is InChI=1S/C17H11N3O/c1-2-6-14-12(4-1)5-3-7-15(14)17-20-19-16(21-17)13-8-10-18-11-9-13/h1-11H. The molecule has 0 atom stereocenters. The van der Waals surface area contributed by atoms with Gasteiger partial charge >= 0.3 is 0 Å². The zero-order valence-corrected chi connectivity index (χ0v) is 11.1. The van der Waals surface area contributed by atoms with Gasteiger partial charge in [-0.05, 0) is 29.0 Å². The first-order valence-corrected chi connectivity index (χ1v) is 6.64. The van der Waals surface area contributed by atoms with Crippen molar-refractivity contribution in [1.82, 2.24) is 15.2 Å². The van der Waals surface area contributed by atoms with Crippen LogP contribution in [-0.4, -0.2) is 15.2 Å². The Balaban J connectivity index is 1.85. The molecule has 0 fully saturated rings. The average molecular weight is 273 g/mol. The molecule has 2 heterocycles. The number of nitrogens with zero attached hydrogens (tertiary/aromatic N) is 3. The molecule has 0 aliphatic heterocycles. The minimum Gasteiger partial charge on any atom is -0.416 e. The van der Waals surface area contributed by atoms with Gasteiger partial charge in [0.1, 0.15) is 0 Å². The summed E-state index contributed by atoms with van der Waals surface area (Å²) in [6.45, 7) is 0. The molecule has 4 heteroatoms. The van der Waals surface area contributed by atoms with Gasteiger partial charge in [-0.25, -0.2) is 0 Å². The van der Waals surface area contributed by atoms with Gasteiger partial charge in [0.15, 0.2) is 0 Å². The molecule has 0 aliphatic carbocycles. The van der Waals surface area contributed by atoms with Crippen molar-refractivity contribution in [3.63, 3.8) is 0 Å². The Morgan fingerprint density at radius 2 is 1.48 bits per heavy atom. The molecule has 0 saturated carbocycles. The van der Waals surface area contributed by atoms with Crippen molar-refractivity contribution in [3.8, 4) is 22.9 Å². The minimum atomic E-state index is 0.500. The molecule has 0 aliphatic rings. The zero-order chi connectivity index (χ0) is 14.1. The van der Waals surface area contributed by atoms with E-state index in [1.807, 2.05) is 36.4 Å². The molecule has 4 rings (SSSR count). The lowest BCUT2D eigenvalue weighted by molar-refractivity contribution is 0.585. The molecule has 2 aromatic carbocycles. The van der Waals surface area contributed by atoms with Crippen LogP contribution < -0.4 is 0 Å². The second-order valence-corrected chi connectivity index (χ2v) is 4.67.